The number of allylic oxidation sites excluding steroid dienone is 1. The Labute approximate surface area is 136 Å². The second-order valence-electron chi connectivity index (χ2n) is 4.48. The van der Waals surface area contributed by atoms with E-state index in [9.17, 15) is 0 Å². The van der Waals surface area contributed by atoms with Gasteiger partial charge < -0.3 is 0 Å². The van der Waals surface area contributed by atoms with Gasteiger partial charge in [-0.05, 0) is 31.4 Å². The highest BCUT2D eigenvalue weighted by Crippen LogP contribution is 2.10. The molecule has 0 aromatic carbocycles. The summed E-state index contributed by atoms with van der Waals surface area (Å²) in [5, 5.41) is 0.612. The largest absolute Gasteiger partial charge is 0.127 e. The lowest BCUT2D eigenvalue weighted by atomic mass is 10.4. The second kappa shape index (κ2) is 14.7. The first-order chi connectivity index (χ1) is 8.70. The van der Waals surface area contributed by atoms with Crippen molar-refractivity contribution in [1.82, 2.24) is 0 Å². The highest BCUT2D eigenvalue weighted by atomic mass is 35.5. The van der Waals surface area contributed by atoms with Gasteiger partial charge >= 0.3 is 0 Å². The molecule has 108 valence electrons. The molecular formula is C12H24Cl4Si2. The van der Waals surface area contributed by atoms with Crippen LogP contribution in [-0.2, 0) is 0 Å². The van der Waals surface area contributed by atoms with Crippen molar-refractivity contribution in [2.75, 3.05) is 11.8 Å². The molecule has 2 atom stereocenters. The third kappa shape index (κ3) is 13.8. The zero-order valence-electron chi connectivity index (χ0n) is 10.9. The van der Waals surface area contributed by atoms with E-state index in [1.54, 1.807) is 0 Å². The molecule has 0 amide bonds. The second-order valence-corrected chi connectivity index (χ2v) is 10.1. The van der Waals surface area contributed by atoms with E-state index in [4.69, 9.17) is 46.4 Å². The van der Waals surface area contributed by atoms with Crippen molar-refractivity contribution in [3.8, 4) is 0 Å². The Bertz CT molecular complexity index is 203. The zero-order chi connectivity index (χ0) is 13.6. The molecule has 0 nitrogen and oxygen atoms in total. The molecule has 6 heteroatoms. The standard InChI is InChI=1S/C12H24Cl4Si2/c13-5-3-11(15)9-17-7-1-2-8-18-10-12(16)4-6-14/h1,7,11-12H,2-6,8-10,17-18H2. The number of halogens is 4. The lowest BCUT2D eigenvalue weighted by molar-refractivity contribution is 0.891. The maximum Gasteiger partial charge on any atom is 0.0464 e. The number of rotatable bonds is 12. The van der Waals surface area contributed by atoms with Gasteiger partial charge in [-0.3, -0.25) is 0 Å². The van der Waals surface area contributed by atoms with Crippen molar-refractivity contribution >= 4 is 65.4 Å². The van der Waals surface area contributed by atoms with Crippen LogP contribution in [0.15, 0.2) is 11.8 Å². The minimum absolute atomic E-state index is 0.0156. The van der Waals surface area contributed by atoms with Crippen LogP contribution in [0.1, 0.15) is 19.3 Å². The monoisotopic (exact) mass is 364 g/mol. The summed E-state index contributed by atoms with van der Waals surface area (Å²) in [4.78, 5) is 0. The quantitative estimate of drug-likeness (QED) is 0.279. The van der Waals surface area contributed by atoms with Crippen molar-refractivity contribution in [3.63, 3.8) is 0 Å². The van der Waals surface area contributed by atoms with Gasteiger partial charge in [0, 0.05) is 41.6 Å². The normalized spacial score (nSPS) is 16.4. The predicted octanol–water partition coefficient (Wildman–Crippen LogP) is 3.96. The van der Waals surface area contributed by atoms with Gasteiger partial charge in [-0.2, -0.15) is 0 Å². The highest BCUT2D eigenvalue weighted by Gasteiger charge is 2.03. The molecule has 0 rings (SSSR count). The van der Waals surface area contributed by atoms with Gasteiger partial charge in [0.05, 0.1) is 0 Å². The number of alkyl halides is 4. The molecule has 0 aliphatic carbocycles. The van der Waals surface area contributed by atoms with Crippen LogP contribution >= 0.6 is 46.4 Å². The van der Waals surface area contributed by atoms with Crippen molar-refractivity contribution in [1.29, 1.82) is 0 Å². The molecule has 0 aliphatic rings. The lowest BCUT2D eigenvalue weighted by Crippen LogP contribution is -2.03. The van der Waals surface area contributed by atoms with Crippen LogP contribution in [0.4, 0.5) is 0 Å². The van der Waals surface area contributed by atoms with E-state index < -0.39 is 0 Å². The van der Waals surface area contributed by atoms with Gasteiger partial charge in [0.2, 0.25) is 0 Å². The number of hydrogen-bond donors (Lipinski definition) is 0. The SMILES string of the molecule is ClCCC(Cl)C[SiH2]C=CCC[SiH2]CC(Cl)CCCl. The maximum atomic E-state index is 6.12. The van der Waals surface area contributed by atoms with Crippen LogP contribution in [-0.4, -0.2) is 41.6 Å². The van der Waals surface area contributed by atoms with Crippen molar-refractivity contribution < 1.29 is 0 Å². The van der Waals surface area contributed by atoms with E-state index in [0.717, 1.165) is 12.8 Å². The van der Waals surface area contributed by atoms with E-state index in [0.29, 0.717) is 22.5 Å². The summed E-state index contributed by atoms with van der Waals surface area (Å²) in [7, 11) is -0.0981. The van der Waals surface area contributed by atoms with Crippen molar-refractivity contribution in [2.45, 2.75) is 48.1 Å². The van der Waals surface area contributed by atoms with Gasteiger partial charge in [-0.1, -0.05) is 12.1 Å². The van der Waals surface area contributed by atoms with Crippen LogP contribution in [0.2, 0.25) is 18.1 Å². The van der Waals surface area contributed by atoms with Gasteiger partial charge in [-0.15, -0.1) is 52.1 Å². The summed E-state index contributed by atoms with van der Waals surface area (Å²) in [6, 6.07) is 3.75. The van der Waals surface area contributed by atoms with Crippen LogP contribution in [0.3, 0.4) is 0 Å². The highest BCUT2D eigenvalue weighted by molar-refractivity contribution is 6.44. The van der Waals surface area contributed by atoms with Crippen LogP contribution in [0.5, 0.6) is 0 Å². The summed E-state index contributed by atoms with van der Waals surface area (Å²) in [6.07, 6.45) is 5.46. The minimum atomic E-state index is -0.114. The van der Waals surface area contributed by atoms with Gasteiger partial charge in [0.15, 0.2) is 0 Å². The minimum Gasteiger partial charge on any atom is -0.127 e. The molecule has 0 fully saturated rings. The molecule has 0 saturated heterocycles. The van der Waals surface area contributed by atoms with E-state index in [2.05, 4.69) is 11.8 Å². The number of hydrogen-bond acceptors (Lipinski definition) is 0. The van der Waals surface area contributed by atoms with Crippen molar-refractivity contribution in [2.24, 2.45) is 0 Å². The molecule has 0 saturated carbocycles. The molecule has 0 heterocycles. The molecule has 0 aliphatic heterocycles. The first-order valence-electron chi connectivity index (χ1n) is 6.75. The van der Waals surface area contributed by atoms with Crippen molar-refractivity contribution in [3.05, 3.63) is 11.8 Å². The maximum absolute atomic E-state index is 6.12. The lowest BCUT2D eigenvalue weighted by Gasteiger charge is -2.05. The first-order valence-corrected chi connectivity index (χ1v) is 12.5. The third-order valence-corrected chi connectivity index (χ3v) is 8.55. The van der Waals surface area contributed by atoms with Crippen LogP contribution in [0.25, 0.3) is 0 Å². The first kappa shape index (κ1) is 19.3. The Morgan fingerprint density at radius 1 is 0.944 bits per heavy atom. The Hall–Kier alpha value is 1.33. The Balaban J connectivity index is 3.28. The summed E-state index contributed by atoms with van der Waals surface area (Å²) < 4.78 is 0. The molecule has 0 aromatic rings. The molecular weight excluding hydrogens is 342 g/mol. The van der Waals surface area contributed by atoms with E-state index in [1.807, 2.05) is 0 Å². The van der Waals surface area contributed by atoms with Crippen LogP contribution in [0, 0.1) is 0 Å². The van der Waals surface area contributed by atoms with Gasteiger partial charge in [0.1, 0.15) is 0 Å². The average molecular weight is 366 g/mol. The smallest absolute Gasteiger partial charge is 0.0464 e. The zero-order valence-corrected chi connectivity index (χ0v) is 16.7. The third-order valence-electron chi connectivity index (χ3n) is 2.80. The molecule has 18 heavy (non-hydrogen) atoms. The fraction of sp³-hybridized carbons (Fsp3) is 0.833. The topological polar surface area (TPSA) is 0 Å². The van der Waals surface area contributed by atoms with Crippen LogP contribution < -0.4 is 0 Å². The Kier molecular flexibility index (Phi) is 15.8. The Morgan fingerprint density at radius 3 is 2.17 bits per heavy atom. The van der Waals surface area contributed by atoms with E-state index >= 15 is 0 Å². The van der Waals surface area contributed by atoms with E-state index in [1.165, 1.54) is 24.6 Å². The van der Waals surface area contributed by atoms with E-state index in [-0.39, 0.29) is 19.0 Å². The fourth-order valence-electron chi connectivity index (χ4n) is 1.67. The summed E-state index contributed by atoms with van der Waals surface area (Å²) in [6.45, 7) is 0. The summed E-state index contributed by atoms with van der Waals surface area (Å²) >= 11 is 23.5. The average Bonchev–Trinajstić information content (AvgIpc) is 2.33. The van der Waals surface area contributed by atoms with Gasteiger partial charge in [0.25, 0.3) is 0 Å². The predicted molar refractivity (Wildman–Crippen MR) is 95.2 cm³/mol. The molecule has 0 radical (unpaired) electrons. The molecule has 0 bridgehead atoms. The molecule has 2 unspecified atom stereocenters. The van der Waals surface area contributed by atoms with Gasteiger partial charge in [-0.25, -0.2) is 0 Å². The summed E-state index contributed by atoms with van der Waals surface area (Å²) in [5.41, 5.74) is 2.38. The molecule has 0 N–H and O–H groups in total. The molecule has 0 spiro atoms. The Morgan fingerprint density at radius 2 is 1.56 bits per heavy atom. The fourth-order valence-corrected chi connectivity index (χ4v) is 6.33. The summed E-state index contributed by atoms with van der Waals surface area (Å²) in [5.74, 6) is 1.37. The molecule has 0 aromatic heterocycles.